The van der Waals surface area contributed by atoms with Crippen molar-refractivity contribution in [3.63, 3.8) is 0 Å². The molecule has 0 heterocycles. The fourth-order valence-electron chi connectivity index (χ4n) is 1.75. The van der Waals surface area contributed by atoms with Gasteiger partial charge in [0.25, 0.3) is 0 Å². The van der Waals surface area contributed by atoms with E-state index in [1.165, 1.54) is 0 Å². The zero-order chi connectivity index (χ0) is 13.8. The van der Waals surface area contributed by atoms with E-state index >= 15 is 0 Å². The second-order valence-corrected chi connectivity index (χ2v) is 5.30. The standard InChI is InChI=1S/C15H28O3/c1-4-5-6-7-11-14(16)18-15(17)12-9-8-10-13(2)3/h13H,4-12H2,1-3H3. The maximum absolute atomic E-state index is 11.3. The molecular formula is C15H28O3. The molecule has 0 amide bonds. The number of hydrogen-bond acceptors (Lipinski definition) is 3. The first-order valence-corrected chi connectivity index (χ1v) is 7.29. The van der Waals surface area contributed by atoms with Crippen molar-refractivity contribution in [2.75, 3.05) is 0 Å². The zero-order valence-electron chi connectivity index (χ0n) is 12.2. The van der Waals surface area contributed by atoms with Crippen LogP contribution in [0.3, 0.4) is 0 Å². The quantitative estimate of drug-likeness (QED) is 0.333. The fourth-order valence-corrected chi connectivity index (χ4v) is 1.75. The summed E-state index contributed by atoms with van der Waals surface area (Å²) in [6.07, 6.45) is 7.85. The number of unbranched alkanes of at least 4 members (excludes halogenated alkanes) is 4. The Bertz CT molecular complexity index is 234. The summed E-state index contributed by atoms with van der Waals surface area (Å²) in [5.74, 6) is -0.0552. The molecule has 0 spiro atoms. The topological polar surface area (TPSA) is 43.4 Å². The lowest BCUT2D eigenvalue weighted by atomic mass is 10.1. The highest BCUT2D eigenvalue weighted by molar-refractivity contribution is 5.85. The normalized spacial score (nSPS) is 10.7. The molecule has 0 atom stereocenters. The van der Waals surface area contributed by atoms with Gasteiger partial charge in [0.05, 0.1) is 0 Å². The maximum Gasteiger partial charge on any atom is 0.313 e. The predicted octanol–water partition coefficient (Wildman–Crippen LogP) is 4.24. The minimum atomic E-state index is -0.362. The van der Waals surface area contributed by atoms with Crippen LogP contribution < -0.4 is 0 Å². The minimum absolute atomic E-state index is 0.361. The van der Waals surface area contributed by atoms with E-state index in [9.17, 15) is 9.59 Å². The Morgan fingerprint density at radius 1 is 0.889 bits per heavy atom. The number of esters is 2. The highest BCUT2D eigenvalue weighted by Gasteiger charge is 2.09. The second kappa shape index (κ2) is 11.2. The van der Waals surface area contributed by atoms with Gasteiger partial charge in [-0.25, -0.2) is 0 Å². The Kier molecular flexibility index (Phi) is 10.7. The molecule has 3 heteroatoms. The molecule has 0 bridgehead atoms. The van der Waals surface area contributed by atoms with E-state index in [0.717, 1.165) is 44.9 Å². The average molecular weight is 256 g/mol. The molecular weight excluding hydrogens is 228 g/mol. The lowest BCUT2D eigenvalue weighted by molar-refractivity contribution is -0.159. The number of hydrogen-bond donors (Lipinski definition) is 0. The maximum atomic E-state index is 11.3. The van der Waals surface area contributed by atoms with Gasteiger partial charge in [0.15, 0.2) is 0 Å². The Hall–Kier alpha value is -0.860. The largest absolute Gasteiger partial charge is 0.393 e. The van der Waals surface area contributed by atoms with E-state index in [4.69, 9.17) is 4.74 Å². The molecule has 0 aliphatic rings. The van der Waals surface area contributed by atoms with Gasteiger partial charge in [-0.05, 0) is 18.8 Å². The van der Waals surface area contributed by atoms with E-state index in [2.05, 4.69) is 20.8 Å². The number of rotatable bonds is 10. The second-order valence-electron chi connectivity index (χ2n) is 5.30. The van der Waals surface area contributed by atoms with Crippen molar-refractivity contribution in [2.24, 2.45) is 5.92 Å². The molecule has 0 rings (SSSR count). The van der Waals surface area contributed by atoms with Gasteiger partial charge in [-0.1, -0.05) is 52.9 Å². The third kappa shape index (κ3) is 11.6. The molecule has 0 radical (unpaired) electrons. The number of ether oxygens (including phenoxy) is 1. The lowest BCUT2D eigenvalue weighted by Crippen LogP contribution is -2.11. The van der Waals surface area contributed by atoms with Crippen molar-refractivity contribution in [3.8, 4) is 0 Å². The Balaban J connectivity index is 3.46. The molecule has 0 aliphatic heterocycles. The van der Waals surface area contributed by atoms with Gasteiger partial charge in [-0.2, -0.15) is 0 Å². The fraction of sp³-hybridized carbons (Fsp3) is 0.867. The predicted molar refractivity (Wildman–Crippen MR) is 73.2 cm³/mol. The highest BCUT2D eigenvalue weighted by atomic mass is 16.6. The summed E-state index contributed by atoms with van der Waals surface area (Å²) in [6.45, 7) is 6.45. The average Bonchev–Trinajstić information content (AvgIpc) is 2.30. The molecule has 18 heavy (non-hydrogen) atoms. The van der Waals surface area contributed by atoms with Crippen molar-refractivity contribution in [3.05, 3.63) is 0 Å². The summed E-state index contributed by atoms with van der Waals surface area (Å²) in [7, 11) is 0. The van der Waals surface area contributed by atoms with Crippen LogP contribution in [-0.2, 0) is 14.3 Å². The van der Waals surface area contributed by atoms with Gasteiger partial charge in [0.2, 0.25) is 0 Å². The van der Waals surface area contributed by atoms with Crippen molar-refractivity contribution in [1.29, 1.82) is 0 Å². The third-order valence-corrected chi connectivity index (χ3v) is 2.87. The molecule has 106 valence electrons. The van der Waals surface area contributed by atoms with Crippen LogP contribution in [0.4, 0.5) is 0 Å². The van der Waals surface area contributed by atoms with E-state index < -0.39 is 0 Å². The lowest BCUT2D eigenvalue weighted by Gasteiger charge is -2.04. The van der Waals surface area contributed by atoms with Crippen molar-refractivity contribution in [1.82, 2.24) is 0 Å². The van der Waals surface area contributed by atoms with Crippen molar-refractivity contribution >= 4 is 11.9 Å². The van der Waals surface area contributed by atoms with Crippen LogP contribution in [0.15, 0.2) is 0 Å². The van der Waals surface area contributed by atoms with Crippen molar-refractivity contribution in [2.45, 2.75) is 78.6 Å². The molecule has 0 aromatic carbocycles. The minimum Gasteiger partial charge on any atom is -0.393 e. The molecule has 0 unspecified atom stereocenters. The van der Waals surface area contributed by atoms with Crippen molar-refractivity contribution < 1.29 is 14.3 Å². The van der Waals surface area contributed by atoms with E-state index in [1.54, 1.807) is 0 Å². The van der Waals surface area contributed by atoms with Gasteiger partial charge in [0, 0.05) is 12.8 Å². The van der Waals surface area contributed by atoms with Gasteiger partial charge in [0.1, 0.15) is 0 Å². The first kappa shape index (κ1) is 17.1. The van der Waals surface area contributed by atoms with Crippen LogP contribution in [0.2, 0.25) is 0 Å². The summed E-state index contributed by atoms with van der Waals surface area (Å²) in [5, 5.41) is 0. The van der Waals surface area contributed by atoms with E-state index in [-0.39, 0.29) is 11.9 Å². The number of carbonyl (C=O) groups excluding carboxylic acids is 2. The van der Waals surface area contributed by atoms with Crippen LogP contribution in [0, 0.1) is 5.92 Å². The summed E-state index contributed by atoms with van der Waals surface area (Å²) < 4.78 is 4.76. The van der Waals surface area contributed by atoms with Gasteiger partial charge < -0.3 is 4.74 Å². The summed E-state index contributed by atoms with van der Waals surface area (Å²) in [6, 6.07) is 0. The molecule has 0 aromatic heterocycles. The van der Waals surface area contributed by atoms with Crippen LogP contribution in [-0.4, -0.2) is 11.9 Å². The van der Waals surface area contributed by atoms with Gasteiger partial charge in [-0.3, -0.25) is 9.59 Å². The first-order chi connectivity index (χ1) is 8.56. The first-order valence-electron chi connectivity index (χ1n) is 7.29. The van der Waals surface area contributed by atoms with Gasteiger partial charge in [-0.15, -0.1) is 0 Å². The molecule has 0 saturated heterocycles. The van der Waals surface area contributed by atoms with E-state index in [0.29, 0.717) is 18.8 Å². The van der Waals surface area contributed by atoms with Crippen LogP contribution in [0.5, 0.6) is 0 Å². The zero-order valence-corrected chi connectivity index (χ0v) is 12.2. The Labute approximate surface area is 111 Å². The third-order valence-electron chi connectivity index (χ3n) is 2.87. The van der Waals surface area contributed by atoms with E-state index in [1.807, 2.05) is 0 Å². The van der Waals surface area contributed by atoms with Crippen LogP contribution >= 0.6 is 0 Å². The molecule has 0 aromatic rings. The van der Waals surface area contributed by atoms with Crippen LogP contribution in [0.25, 0.3) is 0 Å². The van der Waals surface area contributed by atoms with Gasteiger partial charge >= 0.3 is 11.9 Å². The summed E-state index contributed by atoms with van der Waals surface area (Å²) in [4.78, 5) is 22.7. The van der Waals surface area contributed by atoms with Crippen LogP contribution in [0.1, 0.15) is 78.6 Å². The molecule has 0 fully saturated rings. The monoisotopic (exact) mass is 256 g/mol. The number of carbonyl (C=O) groups is 2. The summed E-state index contributed by atoms with van der Waals surface area (Å²) >= 11 is 0. The highest BCUT2D eigenvalue weighted by Crippen LogP contribution is 2.09. The Morgan fingerprint density at radius 2 is 1.44 bits per heavy atom. The SMILES string of the molecule is CCCCCCC(=O)OC(=O)CCCCC(C)C. The summed E-state index contributed by atoms with van der Waals surface area (Å²) in [5.41, 5.74) is 0. The molecule has 0 aliphatic carbocycles. The Morgan fingerprint density at radius 3 is 1.94 bits per heavy atom. The molecule has 0 N–H and O–H groups in total. The molecule has 0 saturated carbocycles. The molecule has 3 nitrogen and oxygen atoms in total. The smallest absolute Gasteiger partial charge is 0.313 e.